The number of nitrogens with one attached hydrogen (secondary N) is 2. The molecule has 1 rings (SSSR count). The first kappa shape index (κ1) is 16.6. The molecule has 0 fully saturated rings. The lowest BCUT2D eigenvalue weighted by atomic mass is 10.1. The smallest absolute Gasteiger partial charge is 0.237 e. The van der Waals surface area contributed by atoms with Gasteiger partial charge < -0.3 is 25.7 Å². The van der Waals surface area contributed by atoms with Crippen LogP contribution in [0, 0.1) is 0 Å². The molecular formula is C13H25N5O2. The Hall–Kier alpha value is -1.44. The Balaban J connectivity index is 2.02. The first-order valence-corrected chi connectivity index (χ1v) is 6.82. The number of H-pyrrole nitrogens is 1. The van der Waals surface area contributed by atoms with Crippen LogP contribution in [-0.2, 0) is 16.0 Å². The van der Waals surface area contributed by atoms with Crippen molar-refractivity contribution in [2.45, 2.75) is 18.9 Å². The second-order valence-corrected chi connectivity index (χ2v) is 4.95. The topological polar surface area (TPSA) is 96.3 Å². The van der Waals surface area contributed by atoms with Gasteiger partial charge >= 0.3 is 0 Å². The molecule has 0 bridgehead atoms. The number of ether oxygens (including phenoxy) is 1. The number of likely N-dealkylation sites (N-methyl/N-ethyl adjacent to an activating group) is 1. The Morgan fingerprint density at radius 3 is 3.00 bits per heavy atom. The summed E-state index contributed by atoms with van der Waals surface area (Å²) in [5.41, 5.74) is 6.67. The molecule has 114 valence electrons. The molecule has 0 aliphatic heterocycles. The zero-order valence-electron chi connectivity index (χ0n) is 12.3. The molecule has 20 heavy (non-hydrogen) atoms. The van der Waals surface area contributed by atoms with Gasteiger partial charge in [0.15, 0.2) is 0 Å². The molecule has 1 atom stereocenters. The maximum atomic E-state index is 11.7. The highest BCUT2D eigenvalue weighted by molar-refractivity contribution is 5.81. The molecule has 7 heteroatoms. The molecule has 0 saturated carbocycles. The zero-order valence-corrected chi connectivity index (χ0v) is 12.3. The average molecular weight is 283 g/mol. The molecule has 0 aliphatic rings. The molecule has 1 unspecified atom stereocenters. The molecular weight excluding hydrogens is 258 g/mol. The van der Waals surface area contributed by atoms with E-state index in [0.717, 1.165) is 18.7 Å². The van der Waals surface area contributed by atoms with Crippen LogP contribution in [0.3, 0.4) is 0 Å². The molecule has 4 N–H and O–H groups in total. The van der Waals surface area contributed by atoms with Gasteiger partial charge in [-0.25, -0.2) is 4.98 Å². The maximum Gasteiger partial charge on any atom is 0.237 e. The Bertz CT molecular complexity index is 367. The second kappa shape index (κ2) is 9.46. The van der Waals surface area contributed by atoms with Crippen molar-refractivity contribution in [1.82, 2.24) is 20.2 Å². The quantitative estimate of drug-likeness (QED) is 0.497. The van der Waals surface area contributed by atoms with Crippen LogP contribution in [-0.4, -0.2) is 67.2 Å². The van der Waals surface area contributed by atoms with E-state index >= 15 is 0 Å². The summed E-state index contributed by atoms with van der Waals surface area (Å²) in [7, 11) is 4.01. The third-order valence-corrected chi connectivity index (χ3v) is 2.78. The second-order valence-electron chi connectivity index (χ2n) is 4.95. The molecule has 1 aromatic heterocycles. The number of carbonyl (C=O) groups is 1. The molecule has 0 radical (unpaired) electrons. The van der Waals surface area contributed by atoms with E-state index < -0.39 is 6.04 Å². The lowest BCUT2D eigenvalue weighted by molar-refractivity contribution is -0.122. The zero-order chi connectivity index (χ0) is 14.8. The van der Waals surface area contributed by atoms with Crippen LogP contribution in [0.4, 0.5) is 0 Å². The van der Waals surface area contributed by atoms with E-state index in [2.05, 4.69) is 20.2 Å². The normalized spacial score (nSPS) is 12.6. The summed E-state index contributed by atoms with van der Waals surface area (Å²) in [5, 5.41) is 2.81. The molecule has 7 nitrogen and oxygen atoms in total. The van der Waals surface area contributed by atoms with Gasteiger partial charge in [-0.3, -0.25) is 4.79 Å². The Labute approximate surface area is 119 Å². The maximum absolute atomic E-state index is 11.7. The van der Waals surface area contributed by atoms with Crippen LogP contribution in [0.25, 0.3) is 0 Å². The van der Waals surface area contributed by atoms with E-state index in [1.54, 1.807) is 12.5 Å². The van der Waals surface area contributed by atoms with Crippen LogP contribution in [0.1, 0.15) is 12.1 Å². The minimum absolute atomic E-state index is 0.145. The number of imidazole rings is 1. The van der Waals surface area contributed by atoms with Gasteiger partial charge in [-0.05, 0) is 20.5 Å². The fraction of sp³-hybridized carbons (Fsp3) is 0.692. The summed E-state index contributed by atoms with van der Waals surface area (Å²) in [4.78, 5) is 20.6. The lowest BCUT2D eigenvalue weighted by Gasteiger charge is -2.12. The van der Waals surface area contributed by atoms with E-state index in [9.17, 15) is 4.79 Å². The van der Waals surface area contributed by atoms with Crippen LogP contribution in [0.15, 0.2) is 12.5 Å². The van der Waals surface area contributed by atoms with Crippen molar-refractivity contribution in [2.75, 3.05) is 40.4 Å². The van der Waals surface area contributed by atoms with Gasteiger partial charge in [0.05, 0.1) is 19.0 Å². The van der Waals surface area contributed by atoms with Crippen molar-refractivity contribution in [3.05, 3.63) is 18.2 Å². The number of hydrogen-bond donors (Lipinski definition) is 3. The first-order valence-electron chi connectivity index (χ1n) is 6.82. The number of hydrogen-bond acceptors (Lipinski definition) is 5. The fourth-order valence-corrected chi connectivity index (χ4v) is 1.59. The highest BCUT2D eigenvalue weighted by Crippen LogP contribution is 1.96. The summed E-state index contributed by atoms with van der Waals surface area (Å²) in [6.07, 6.45) is 4.50. The molecule has 0 aliphatic carbocycles. The average Bonchev–Trinajstić information content (AvgIpc) is 2.89. The van der Waals surface area contributed by atoms with E-state index in [1.165, 1.54) is 0 Å². The lowest BCUT2D eigenvalue weighted by Crippen LogP contribution is -2.42. The van der Waals surface area contributed by atoms with Crippen LogP contribution >= 0.6 is 0 Å². The third-order valence-electron chi connectivity index (χ3n) is 2.78. The monoisotopic (exact) mass is 283 g/mol. The van der Waals surface area contributed by atoms with Crippen molar-refractivity contribution < 1.29 is 9.53 Å². The number of aromatic nitrogens is 2. The van der Waals surface area contributed by atoms with E-state index in [-0.39, 0.29) is 5.91 Å². The molecule has 1 aromatic rings. The molecule has 0 saturated heterocycles. The number of nitrogens with two attached hydrogens (primary N) is 1. The summed E-state index contributed by atoms with van der Waals surface area (Å²) in [6.45, 7) is 2.84. The minimum atomic E-state index is -0.551. The van der Waals surface area contributed by atoms with Gasteiger partial charge in [-0.15, -0.1) is 0 Å². The predicted octanol–water partition coefficient (Wildman–Crippen LogP) is -0.636. The molecule has 1 heterocycles. The van der Waals surface area contributed by atoms with Crippen LogP contribution in [0.2, 0.25) is 0 Å². The third kappa shape index (κ3) is 7.22. The van der Waals surface area contributed by atoms with Crippen molar-refractivity contribution >= 4 is 5.91 Å². The summed E-state index contributed by atoms with van der Waals surface area (Å²) in [5.74, 6) is -0.145. The number of amides is 1. The van der Waals surface area contributed by atoms with Crippen molar-refractivity contribution in [2.24, 2.45) is 5.73 Å². The Morgan fingerprint density at radius 1 is 1.55 bits per heavy atom. The van der Waals surface area contributed by atoms with Crippen molar-refractivity contribution in [1.29, 1.82) is 0 Å². The standard InChI is InChI=1S/C13H25N5O2/c1-18(2)5-7-20-6-3-4-16-13(19)12(14)8-11-9-15-10-17-11/h9-10,12H,3-8,14H2,1-2H3,(H,15,17)(H,16,19). The highest BCUT2D eigenvalue weighted by atomic mass is 16.5. The number of aromatic amines is 1. The largest absolute Gasteiger partial charge is 0.380 e. The highest BCUT2D eigenvalue weighted by Gasteiger charge is 2.13. The van der Waals surface area contributed by atoms with Gasteiger partial charge in [0.25, 0.3) is 0 Å². The van der Waals surface area contributed by atoms with E-state index in [1.807, 2.05) is 14.1 Å². The summed E-state index contributed by atoms with van der Waals surface area (Å²) in [6, 6.07) is -0.551. The van der Waals surface area contributed by atoms with Gasteiger partial charge in [0.1, 0.15) is 0 Å². The van der Waals surface area contributed by atoms with Gasteiger partial charge in [-0.2, -0.15) is 0 Å². The molecule has 1 amide bonds. The number of rotatable bonds is 10. The SMILES string of the molecule is CN(C)CCOCCCNC(=O)C(N)Cc1cnc[nH]1. The van der Waals surface area contributed by atoms with Gasteiger partial charge in [-0.1, -0.05) is 0 Å². The molecule has 0 aromatic carbocycles. The van der Waals surface area contributed by atoms with Crippen molar-refractivity contribution in [3.8, 4) is 0 Å². The Kier molecular flexibility index (Phi) is 7.86. The van der Waals surface area contributed by atoms with Crippen LogP contribution in [0.5, 0.6) is 0 Å². The number of carbonyl (C=O) groups excluding carboxylic acids is 1. The van der Waals surface area contributed by atoms with Crippen molar-refractivity contribution in [3.63, 3.8) is 0 Å². The predicted molar refractivity (Wildman–Crippen MR) is 77.3 cm³/mol. The first-order chi connectivity index (χ1) is 9.59. The summed E-state index contributed by atoms with van der Waals surface area (Å²) >= 11 is 0. The van der Waals surface area contributed by atoms with Crippen LogP contribution < -0.4 is 11.1 Å². The minimum Gasteiger partial charge on any atom is -0.380 e. The fourth-order valence-electron chi connectivity index (χ4n) is 1.59. The van der Waals surface area contributed by atoms with E-state index in [4.69, 9.17) is 10.5 Å². The molecule has 0 spiro atoms. The summed E-state index contributed by atoms with van der Waals surface area (Å²) < 4.78 is 5.43. The van der Waals surface area contributed by atoms with Gasteiger partial charge in [0.2, 0.25) is 5.91 Å². The number of nitrogens with zero attached hydrogens (tertiary/aromatic N) is 2. The Morgan fingerprint density at radius 2 is 2.35 bits per heavy atom. The van der Waals surface area contributed by atoms with Gasteiger partial charge in [0, 0.05) is 38.0 Å². The van der Waals surface area contributed by atoms with E-state index in [0.29, 0.717) is 26.2 Å².